The van der Waals surface area contributed by atoms with Gasteiger partial charge >= 0.3 is 0 Å². The molecule has 0 saturated carbocycles. The summed E-state index contributed by atoms with van der Waals surface area (Å²) in [5.74, 6) is 1.10. The fourth-order valence-corrected chi connectivity index (χ4v) is 3.53. The zero-order chi connectivity index (χ0) is 12.3. The first-order valence-electron chi connectivity index (χ1n) is 7.25. The molecule has 1 aliphatic heterocycles. The maximum Gasteiger partial charge on any atom is 0.0724 e. The van der Waals surface area contributed by atoms with E-state index in [1.165, 1.54) is 24.8 Å². The van der Waals surface area contributed by atoms with Crippen molar-refractivity contribution in [3.8, 4) is 0 Å². The van der Waals surface area contributed by atoms with Crippen molar-refractivity contribution in [1.29, 1.82) is 0 Å². The van der Waals surface area contributed by atoms with Crippen LogP contribution in [0.2, 0.25) is 0 Å². The molecule has 98 valence electrons. The van der Waals surface area contributed by atoms with Crippen LogP contribution in [0.25, 0.3) is 0 Å². The number of aliphatic hydroxyl groups is 1. The van der Waals surface area contributed by atoms with Crippen LogP contribution in [0, 0.1) is 11.8 Å². The van der Waals surface area contributed by atoms with Crippen molar-refractivity contribution in [2.45, 2.75) is 64.5 Å². The van der Waals surface area contributed by atoms with Gasteiger partial charge in [-0.2, -0.15) is 0 Å². The lowest BCUT2D eigenvalue weighted by molar-refractivity contribution is 0.0553. The van der Waals surface area contributed by atoms with Crippen LogP contribution in [-0.2, 0) is 0 Å². The van der Waals surface area contributed by atoms with Crippen molar-refractivity contribution in [1.82, 2.24) is 5.32 Å². The molecule has 4 unspecified atom stereocenters. The molecule has 0 aromatic rings. The Morgan fingerprint density at radius 2 is 2.18 bits per heavy atom. The van der Waals surface area contributed by atoms with Crippen LogP contribution in [0.5, 0.6) is 0 Å². The molecule has 0 aromatic carbocycles. The Labute approximate surface area is 105 Å². The summed E-state index contributed by atoms with van der Waals surface area (Å²) in [7, 11) is 0. The van der Waals surface area contributed by atoms with Gasteiger partial charge in [-0.25, -0.2) is 0 Å². The molecule has 0 amide bonds. The van der Waals surface area contributed by atoms with Gasteiger partial charge in [-0.3, -0.25) is 0 Å². The van der Waals surface area contributed by atoms with Crippen LogP contribution in [0.4, 0.5) is 0 Å². The SMILES string of the molecule is CC1=CC(C)CC(C(O)C2CCCCCN2)C1. The van der Waals surface area contributed by atoms with Gasteiger partial charge in [-0.15, -0.1) is 0 Å². The summed E-state index contributed by atoms with van der Waals surface area (Å²) in [6, 6.07) is 0.334. The zero-order valence-electron chi connectivity index (χ0n) is 11.3. The molecule has 2 rings (SSSR count). The minimum absolute atomic E-state index is 0.154. The molecule has 2 aliphatic rings. The number of nitrogens with one attached hydrogen (secondary N) is 1. The van der Waals surface area contributed by atoms with E-state index in [4.69, 9.17) is 0 Å². The molecular weight excluding hydrogens is 210 g/mol. The van der Waals surface area contributed by atoms with Gasteiger partial charge in [-0.05, 0) is 51.0 Å². The lowest BCUT2D eigenvalue weighted by Crippen LogP contribution is -2.44. The number of aliphatic hydroxyl groups excluding tert-OH is 1. The average Bonchev–Trinajstić information content (AvgIpc) is 2.55. The molecule has 1 aliphatic carbocycles. The lowest BCUT2D eigenvalue weighted by atomic mass is 9.78. The van der Waals surface area contributed by atoms with Crippen LogP contribution in [0.1, 0.15) is 52.4 Å². The van der Waals surface area contributed by atoms with Crippen molar-refractivity contribution >= 4 is 0 Å². The van der Waals surface area contributed by atoms with Crippen molar-refractivity contribution < 1.29 is 5.11 Å². The molecule has 17 heavy (non-hydrogen) atoms. The Kier molecular flexibility index (Phi) is 4.63. The lowest BCUT2D eigenvalue weighted by Gasteiger charge is -2.34. The zero-order valence-corrected chi connectivity index (χ0v) is 11.3. The Hall–Kier alpha value is -0.340. The average molecular weight is 237 g/mol. The van der Waals surface area contributed by atoms with Gasteiger partial charge in [0.1, 0.15) is 0 Å². The molecular formula is C15H27NO. The predicted molar refractivity (Wildman–Crippen MR) is 71.9 cm³/mol. The van der Waals surface area contributed by atoms with Crippen molar-refractivity contribution in [2.75, 3.05) is 6.54 Å². The first-order valence-corrected chi connectivity index (χ1v) is 7.25. The van der Waals surface area contributed by atoms with E-state index in [1.54, 1.807) is 0 Å². The van der Waals surface area contributed by atoms with Crippen LogP contribution in [0.3, 0.4) is 0 Å². The maximum absolute atomic E-state index is 10.6. The van der Waals surface area contributed by atoms with Crippen molar-refractivity contribution in [3.05, 3.63) is 11.6 Å². The predicted octanol–water partition coefficient (Wildman–Crippen LogP) is 2.87. The quantitative estimate of drug-likeness (QED) is 0.724. The van der Waals surface area contributed by atoms with Crippen LogP contribution in [0.15, 0.2) is 11.6 Å². The van der Waals surface area contributed by atoms with Crippen LogP contribution in [-0.4, -0.2) is 23.8 Å². The third-order valence-corrected chi connectivity index (χ3v) is 4.32. The molecule has 1 fully saturated rings. The second-order valence-electron chi connectivity index (χ2n) is 6.09. The van der Waals surface area contributed by atoms with Gasteiger partial charge in [-0.1, -0.05) is 31.4 Å². The highest BCUT2D eigenvalue weighted by atomic mass is 16.3. The molecule has 4 atom stereocenters. The normalized spacial score (nSPS) is 37.1. The van der Waals surface area contributed by atoms with E-state index < -0.39 is 0 Å². The highest BCUT2D eigenvalue weighted by molar-refractivity contribution is 5.08. The van der Waals surface area contributed by atoms with E-state index in [-0.39, 0.29) is 6.10 Å². The monoisotopic (exact) mass is 237 g/mol. The Morgan fingerprint density at radius 3 is 2.94 bits per heavy atom. The maximum atomic E-state index is 10.6. The van der Waals surface area contributed by atoms with Gasteiger partial charge in [0, 0.05) is 6.04 Å². The number of allylic oxidation sites excluding steroid dienone is 2. The van der Waals surface area contributed by atoms with E-state index in [0.29, 0.717) is 17.9 Å². The Bertz CT molecular complexity index is 266. The molecule has 1 saturated heterocycles. The van der Waals surface area contributed by atoms with Gasteiger partial charge in [0.15, 0.2) is 0 Å². The first-order chi connectivity index (χ1) is 8.16. The summed E-state index contributed by atoms with van der Waals surface area (Å²) in [5, 5.41) is 14.1. The summed E-state index contributed by atoms with van der Waals surface area (Å²) in [6.45, 7) is 5.55. The largest absolute Gasteiger partial charge is 0.391 e. The number of rotatable bonds is 2. The summed E-state index contributed by atoms with van der Waals surface area (Å²) >= 11 is 0. The van der Waals surface area contributed by atoms with E-state index in [9.17, 15) is 5.11 Å². The molecule has 2 heteroatoms. The highest BCUT2D eigenvalue weighted by Crippen LogP contribution is 2.32. The number of hydrogen-bond acceptors (Lipinski definition) is 2. The molecule has 2 N–H and O–H groups in total. The van der Waals surface area contributed by atoms with Crippen molar-refractivity contribution in [3.63, 3.8) is 0 Å². The third kappa shape index (κ3) is 3.56. The fraction of sp³-hybridized carbons (Fsp3) is 0.867. The topological polar surface area (TPSA) is 32.3 Å². The summed E-state index contributed by atoms with van der Waals surface area (Å²) in [6.07, 6.45) is 9.45. The minimum atomic E-state index is -0.154. The molecule has 0 aromatic heterocycles. The van der Waals surface area contributed by atoms with E-state index >= 15 is 0 Å². The van der Waals surface area contributed by atoms with Gasteiger partial charge in [0.2, 0.25) is 0 Å². The molecule has 1 heterocycles. The van der Waals surface area contributed by atoms with E-state index in [0.717, 1.165) is 25.8 Å². The first kappa shape index (κ1) is 13.1. The summed E-state index contributed by atoms with van der Waals surface area (Å²) < 4.78 is 0. The smallest absolute Gasteiger partial charge is 0.0724 e. The summed E-state index contributed by atoms with van der Waals surface area (Å²) in [4.78, 5) is 0. The second kappa shape index (κ2) is 6.01. The minimum Gasteiger partial charge on any atom is -0.391 e. The third-order valence-electron chi connectivity index (χ3n) is 4.32. The Balaban J connectivity index is 1.94. The molecule has 2 nitrogen and oxygen atoms in total. The van der Waals surface area contributed by atoms with Crippen LogP contribution >= 0.6 is 0 Å². The van der Waals surface area contributed by atoms with Gasteiger partial charge in [0.05, 0.1) is 6.10 Å². The van der Waals surface area contributed by atoms with E-state index in [1.807, 2.05) is 0 Å². The van der Waals surface area contributed by atoms with E-state index in [2.05, 4.69) is 25.2 Å². The van der Waals surface area contributed by atoms with Crippen molar-refractivity contribution in [2.24, 2.45) is 11.8 Å². The van der Waals surface area contributed by atoms with Crippen LogP contribution < -0.4 is 5.32 Å². The summed E-state index contributed by atoms with van der Waals surface area (Å²) in [5.41, 5.74) is 1.46. The molecule has 0 bridgehead atoms. The highest BCUT2D eigenvalue weighted by Gasteiger charge is 2.30. The van der Waals surface area contributed by atoms with Gasteiger partial charge < -0.3 is 10.4 Å². The number of hydrogen-bond donors (Lipinski definition) is 2. The standard InChI is InChI=1S/C15H27NO/c1-11-8-12(2)10-13(9-11)15(17)14-6-4-3-5-7-16-14/h8,11,13-17H,3-7,9-10H2,1-2H3. The Morgan fingerprint density at radius 1 is 1.35 bits per heavy atom. The fourth-order valence-electron chi connectivity index (χ4n) is 3.53. The van der Waals surface area contributed by atoms with Gasteiger partial charge in [0.25, 0.3) is 0 Å². The molecule has 0 spiro atoms. The molecule has 0 radical (unpaired) electrons. The second-order valence-corrected chi connectivity index (χ2v) is 6.09.